The summed E-state index contributed by atoms with van der Waals surface area (Å²) in [7, 11) is 0. The smallest absolute Gasteiger partial charge is 0.248 e. The maximum atomic E-state index is 13.6. The first-order valence-electron chi connectivity index (χ1n) is 6.46. The van der Waals surface area contributed by atoms with Crippen molar-refractivity contribution in [3.05, 3.63) is 65.5 Å². The highest BCUT2D eigenvalue weighted by atomic mass is 19.1. The van der Waals surface area contributed by atoms with Gasteiger partial charge in [0.1, 0.15) is 5.82 Å². The maximum Gasteiger partial charge on any atom is 0.248 e. The van der Waals surface area contributed by atoms with Crippen molar-refractivity contribution < 1.29 is 9.18 Å². The number of nitrogens with two attached hydrogens (primary N) is 1. The van der Waals surface area contributed by atoms with Crippen LogP contribution in [0.25, 0.3) is 0 Å². The van der Waals surface area contributed by atoms with Gasteiger partial charge in [-0.3, -0.25) is 4.79 Å². The van der Waals surface area contributed by atoms with Crippen LogP contribution in [0.15, 0.2) is 48.5 Å². The van der Waals surface area contributed by atoms with Crippen LogP contribution in [0.2, 0.25) is 0 Å². The largest absolute Gasteiger partial charge is 0.382 e. The lowest BCUT2D eigenvalue weighted by atomic mass is 10.1. The second-order valence-electron chi connectivity index (χ2n) is 4.79. The number of carbonyl (C=O) groups is 1. The highest BCUT2D eigenvalue weighted by Crippen LogP contribution is 2.15. The van der Waals surface area contributed by atoms with Crippen LogP contribution in [0.5, 0.6) is 0 Å². The Morgan fingerprint density at radius 2 is 2.00 bits per heavy atom. The predicted octanol–water partition coefficient (Wildman–Crippen LogP) is 2.97. The molecule has 1 atom stereocenters. The van der Waals surface area contributed by atoms with Crippen molar-refractivity contribution in [1.82, 2.24) is 0 Å². The second kappa shape index (κ2) is 6.19. The van der Waals surface area contributed by atoms with Crippen molar-refractivity contribution in [1.29, 1.82) is 0 Å². The van der Waals surface area contributed by atoms with Gasteiger partial charge < -0.3 is 11.1 Å². The highest BCUT2D eigenvalue weighted by Gasteiger charge is 2.08. The Labute approximate surface area is 117 Å². The number of nitrogens with one attached hydrogen (secondary N) is 1. The van der Waals surface area contributed by atoms with Crippen molar-refractivity contribution in [3.8, 4) is 0 Å². The lowest BCUT2D eigenvalue weighted by Crippen LogP contribution is -2.19. The van der Waals surface area contributed by atoms with E-state index < -0.39 is 5.91 Å². The van der Waals surface area contributed by atoms with Gasteiger partial charge in [0.25, 0.3) is 0 Å². The first-order valence-corrected chi connectivity index (χ1v) is 6.46. The van der Waals surface area contributed by atoms with E-state index in [2.05, 4.69) is 5.32 Å². The molecule has 4 heteroatoms. The third-order valence-corrected chi connectivity index (χ3v) is 3.04. The number of rotatable bonds is 5. The second-order valence-corrected chi connectivity index (χ2v) is 4.79. The molecule has 3 N–H and O–H groups in total. The number of primary amides is 1. The van der Waals surface area contributed by atoms with E-state index in [0.717, 1.165) is 5.69 Å². The summed E-state index contributed by atoms with van der Waals surface area (Å²) in [6, 6.07) is 13.7. The molecule has 20 heavy (non-hydrogen) atoms. The summed E-state index contributed by atoms with van der Waals surface area (Å²) in [5.41, 5.74) is 7.15. The van der Waals surface area contributed by atoms with Crippen molar-refractivity contribution >= 4 is 11.6 Å². The fraction of sp³-hybridized carbons (Fsp3) is 0.188. The summed E-state index contributed by atoms with van der Waals surface area (Å²) in [4.78, 5) is 11.1. The number of carbonyl (C=O) groups excluding carboxylic acids is 1. The molecule has 0 aromatic heterocycles. The molecule has 0 saturated carbocycles. The molecule has 1 unspecified atom stereocenters. The van der Waals surface area contributed by atoms with E-state index in [-0.39, 0.29) is 11.9 Å². The predicted molar refractivity (Wildman–Crippen MR) is 78.1 cm³/mol. The molecule has 0 aliphatic heterocycles. The summed E-state index contributed by atoms with van der Waals surface area (Å²) >= 11 is 0. The van der Waals surface area contributed by atoms with Crippen LogP contribution in [0, 0.1) is 5.82 Å². The van der Waals surface area contributed by atoms with E-state index in [0.29, 0.717) is 17.5 Å². The minimum absolute atomic E-state index is 0.0371. The van der Waals surface area contributed by atoms with Crippen LogP contribution in [-0.4, -0.2) is 11.9 Å². The van der Waals surface area contributed by atoms with Crippen LogP contribution < -0.4 is 11.1 Å². The van der Waals surface area contributed by atoms with Crippen LogP contribution >= 0.6 is 0 Å². The molecule has 0 fully saturated rings. The van der Waals surface area contributed by atoms with Crippen molar-refractivity contribution in [3.63, 3.8) is 0 Å². The Kier molecular flexibility index (Phi) is 4.35. The molecular weight excluding hydrogens is 255 g/mol. The Bertz CT molecular complexity index is 613. The molecule has 0 radical (unpaired) electrons. The standard InChI is InChI=1S/C16H17FN2O/c1-11(9-12-5-2-3-8-15(12)17)19-14-7-4-6-13(10-14)16(18)20/h2-8,10-11,19H,9H2,1H3,(H2,18,20). The van der Waals surface area contributed by atoms with Gasteiger partial charge in [-0.25, -0.2) is 4.39 Å². The number of halogens is 1. The van der Waals surface area contributed by atoms with Crippen molar-refractivity contribution in [2.45, 2.75) is 19.4 Å². The minimum atomic E-state index is -0.463. The van der Waals surface area contributed by atoms with Crippen LogP contribution in [0.1, 0.15) is 22.8 Å². The zero-order valence-electron chi connectivity index (χ0n) is 11.3. The summed E-state index contributed by atoms with van der Waals surface area (Å²) < 4.78 is 13.6. The molecule has 0 saturated heterocycles. The van der Waals surface area contributed by atoms with Gasteiger partial charge in [-0.2, -0.15) is 0 Å². The lowest BCUT2D eigenvalue weighted by molar-refractivity contribution is 0.100. The van der Waals surface area contributed by atoms with Gasteiger partial charge in [0.2, 0.25) is 5.91 Å². The maximum absolute atomic E-state index is 13.6. The normalized spacial score (nSPS) is 11.9. The van der Waals surface area contributed by atoms with Crippen molar-refractivity contribution in [2.24, 2.45) is 5.73 Å². The average molecular weight is 272 g/mol. The molecule has 1 amide bonds. The Hall–Kier alpha value is -2.36. The highest BCUT2D eigenvalue weighted by molar-refractivity contribution is 5.93. The molecule has 0 aliphatic rings. The van der Waals surface area contributed by atoms with Gasteiger partial charge in [-0.15, -0.1) is 0 Å². The molecule has 0 aliphatic carbocycles. The Morgan fingerprint density at radius 3 is 2.70 bits per heavy atom. The molecular formula is C16H17FN2O. The monoisotopic (exact) mass is 272 g/mol. The van der Waals surface area contributed by atoms with E-state index in [4.69, 9.17) is 5.73 Å². The Morgan fingerprint density at radius 1 is 1.25 bits per heavy atom. The van der Waals surface area contributed by atoms with E-state index in [1.54, 1.807) is 30.3 Å². The van der Waals surface area contributed by atoms with Crippen LogP contribution in [0.3, 0.4) is 0 Å². The number of anilines is 1. The molecule has 0 spiro atoms. The molecule has 0 heterocycles. The summed E-state index contributed by atoms with van der Waals surface area (Å²) in [6.07, 6.45) is 0.563. The van der Waals surface area contributed by atoms with Crippen molar-refractivity contribution in [2.75, 3.05) is 5.32 Å². The average Bonchev–Trinajstić information content (AvgIpc) is 2.41. The summed E-state index contributed by atoms with van der Waals surface area (Å²) in [5.74, 6) is -0.664. The molecule has 2 aromatic rings. The number of amides is 1. The van der Waals surface area contributed by atoms with E-state index in [9.17, 15) is 9.18 Å². The Balaban J connectivity index is 2.05. The topological polar surface area (TPSA) is 55.1 Å². The third kappa shape index (κ3) is 3.57. The van der Waals surface area contributed by atoms with Gasteiger partial charge >= 0.3 is 0 Å². The third-order valence-electron chi connectivity index (χ3n) is 3.04. The van der Waals surface area contributed by atoms with E-state index in [1.807, 2.05) is 19.1 Å². The summed E-state index contributed by atoms with van der Waals surface area (Å²) in [6.45, 7) is 1.96. The molecule has 2 rings (SSSR count). The number of benzene rings is 2. The van der Waals surface area contributed by atoms with Gasteiger partial charge in [0, 0.05) is 17.3 Å². The SMILES string of the molecule is CC(Cc1ccccc1F)Nc1cccc(C(N)=O)c1. The first-order chi connectivity index (χ1) is 9.56. The molecule has 104 valence electrons. The molecule has 3 nitrogen and oxygen atoms in total. The van der Waals surface area contributed by atoms with Gasteiger partial charge in [-0.1, -0.05) is 24.3 Å². The van der Waals surface area contributed by atoms with Crippen LogP contribution in [0.4, 0.5) is 10.1 Å². The number of hydrogen-bond donors (Lipinski definition) is 2. The van der Waals surface area contributed by atoms with Gasteiger partial charge in [0.05, 0.1) is 0 Å². The van der Waals surface area contributed by atoms with Gasteiger partial charge in [-0.05, 0) is 43.2 Å². The minimum Gasteiger partial charge on any atom is -0.382 e. The fourth-order valence-electron chi connectivity index (χ4n) is 2.09. The van der Waals surface area contributed by atoms with Gasteiger partial charge in [0.15, 0.2) is 0 Å². The van der Waals surface area contributed by atoms with E-state index in [1.165, 1.54) is 6.07 Å². The summed E-state index contributed by atoms with van der Waals surface area (Å²) in [5, 5.41) is 3.24. The first kappa shape index (κ1) is 14.1. The van der Waals surface area contributed by atoms with E-state index >= 15 is 0 Å². The lowest BCUT2D eigenvalue weighted by Gasteiger charge is -2.16. The number of hydrogen-bond acceptors (Lipinski definition) is 2. The zero-order chi connectivity index (χ0) is 14.5. The zero-order valence-corrected chi connectivity index (χ0v) is 11.3. The fourth-order valence-corrected chi connectivity index (χ4v) is 2.09. The van der Waals surface area contributed by atoms with Crippen LogP contribution in [-0.2, 0) is 6.42 Å². The quantitative estimate of drug-likeness (QED) is 0.879. The molecule has 0 bridgehead atoms. The molecule has 2 aromatic carbocycles.